The summed E-state index contributed by atoms with van der Waals surface area (Å²) in [5.41, 5.74) is 0.588. The largest absolute Gasteiger partial charge is 0.494 e. The number of nitrogens with one attached hydrogen (secondary N) is 1. The van der Waals surface area contributed by atoms with Gasteiger partial charge >= 0.3 is 6.18 Å². The van der Waals surface area contributed by atoms with E-state index in [4.69, 9.17) is 11.3 Å². The van der Waals surface area contributed by atoms with E-state index in [0.29, 0.717) is 37.5 Å². The van der Waals surface area contributed by atoms with Gasteiger partial charge in [-0.1, -0.05) is 39.0 Å². The van der Waals surface area contributed by atoms with Crippen LogP contribution in [0.25, 0.3) is 4.85 Å². The molecule has 1 unspecified atom stereocenters. The molecule has 1 N–H and O–H groups in total. The van der Waals surface area contributed by atoms with E-state index in [1.807, 2.05) is 17.0 Å². The van der Waals surface area contributed by atoms with Gasteiger partial charge in [0.15, 0.2) is 5.69 Å². The molecule has 5 nitrogen and oxygen atoms in total. The van der Waals surface area contributed by atoms with Crippen LogP contribution in [0.4, 0.5) is 24.5 Å². The Kier molecular flexibility index (Phi) is 10.7. The molecule has 8 heteroatoms. The minimum atomic E-state index is -4.53. The van der Waals surface area contributed by atoms with E-state index in [1.165, 1.54) is 11.6 Å². The zero-order chi connectivity index (χ0) is 26.8. The van der Waals surface area contributed by atoms with Gasteiger partial charge in [0.25, 0.3) is 0 Å². The molecule has 0 spiro atoms. The molecule has 1 atom stereocenters. The van der Waals surface area contributed by atoms with Gasteiger partial charge in [-0.2, -0.15) is 13.2 Å². The van der Waals surface area contributed by atoms with Crippen LogP contribution in [-0.4, -0.2) is 50.3 Å². The molecule has 1 heterocycles. The highest BCUT2D eigenvalue weighted by Crippen LogP contribution is 2.38. The van der Waals surface area contributed by atoms with Crippen molar-refractivity contribution in [2.75, 3.05) is 44.2 Å². The van der Waals surface area contributed by atoms with Crippen LogP contribution >= 0.6 is 0 Å². The highest BCUT2D eigenvalue weighted by Gasteiger charge is 2.34. The molecule has 1 fully saturated rings. The summed E-state index contributed by atoms with van der Waals surface area (Å²) >= 11 is 0. The molecule has 0 amide bonds. The Balaban J connectivity index is 1.42. The van der Waals surface area contributed by atoms with Gasteiger partial charge in [0.05, 0.1) is 18.7 Å². The molecular weight excluding hydrogens is 477 g/mol. The first-order valence-corrected chi connectivity index (χ1v) is 13.3. The standard InChI is InChI=1S/C29H39F3N4O/c1-5-23(6-2)34-27(7-3)22-9-12-25(13-10-22)37-20-8-15-35-16-18-36(19-17-35)24-11-14-28(33-4)26(21-24)29(30,31)32/h9-14,21,23,27,34H,5-8,15-20H2,1-3H3. The lowest BCUT2D eigenvalue weighted by molar-refractivity contribution is -0.136. The van der Waals surface area contributed by atoms with Gasteiger partial charge in [-0.3, -0.25) is 4.90 Å². The topological polar surface area (TPSA) is 32.1 Å². The highest BCUT2D eigenvalue weighted by atomic mass is 19.4. The molecule has 202 valence electrons. The number of hydrogen-bond acceptors (Lipinski definition) is 4. The van der Waals surface area contributed by atoms with Gasteiger partial charge in [0.1, 0.15) is 5.75 Å². The minimum Gasteiger partial charge on any atom is -0.494 e. The number of benzene rings is 2. The maximum absolute atomic E-state index is 13.3. The molecular formula is C29H39F3N4O. The third-order valence-corrected chi connectivity index (χ3v) is 7.14. The van der Waals surface area contributed by atoms with Crippen LogP contribution in [0, 0.1) is 6.57 Å². The van der Waals surface area contributed by atoms with Gasteiger partial charge in [-0.25, -0.2) is 4.85 Å². The summed E-state index contributed by atoms with van der Waals surface area (Å²) in [6, 6.07) is 13.2. The third-order valence-electron chi connectivity index (χ3n) is 7.14. The molecule has 2 aromatic carbocycles. The van der Waals surface area contributed by atoms with E-state index >= 15 is 0 Å². The van der Waals surface area contributed by atoms with Crippen LogP contribution in [0.5, 0.6) is 5.75 Å². The molecule has 2 aromatic rings. The van der Waals surface area contributed by atoms with Crippen molar-refractivity contribution in [2.24, 2.45) is 0 Å². The summed E-state index contributed by atoms with van der Waals surface area (Å²) < 4.78 is 45.9. The molecule has 0 saturated carbocycles. The van der Waals surface area contributed by atoms with E-state index in [2.05, 4.69) is 48.0 Å². The average Bonchev–Trinajstić information content (AvgIpc) is 2.92. The maximum atomic E-state index is 13.3. The smallest absolute Gasteiger partial charge is 0.407 e. The number of nitrogens with zero attached hydrogens (tertiary/aromatic N) is 3. The summed E-state index contributed by atoms with van der Waals surface area (Å²) in [6.45, 7) is 18.0. The van der Waals surface area contributed by atoms with E-state index in [1.54, 1.807) is 6.07 Å². The number of anilines is 1. The lowest BCUT2D eigenvalue weighted by atomic mass is 10.0. The fourth-order valence-corrected chi connectivity index (χ4v) is 4.81. The van der Waals surface area contributed by atoms with Crippen molar-refractivity contribution in [2.45, 2.75) is 64.7 Å². The lowest BCUT2D eigenvalue weighted by Crippen LogP contribution is -2.46. The molecule has 1 saturated heterocycles. The van der Waals surface area contributed by atoms with Gasteiger partial charge in [0, 0.05) is 50.5 Å². The molecule has 1 aliphatic rings. The summed E-state index contributed by atoms with van der Waals surface area (Å²) in [6.07, 6.45) is -0.357. The van der Waals surface area contributed by atoms with Crippen molar-refractivity contribution in [1.29, 1.82) is 0 Å². The van der Waals surface area contributed by atoms with E-state index in [9.17, 15) is 13.2 Å². The molecule has 0 bridgehead atoms. The number of halogens is 3. The van der Waals surface area contributed by atoms with Crippen molar-refractivity contribution < 1.29 is 17.9 Å². The van der Waals surface area contributed by atoms with Crippen LogP contribution in [-0.2, 0) is 6.18 Å². The number of ether oxygens (including phenoxy) is 1. The fourth-order valence-electron chi connectivity index (χ4n) is 4.81. The second-order valence-corrected chi connectivity index (χ2v) is 9.55. The first-order chi connectivity index (χ1) is 17.8. The number of rotatable bonds is 12. The molecule has 0 aromatic heterocycles. The van der Waals surface area contributed by atoms with Crippen LogP contribution < -0.4 is 15.0 Å². The quantitative estimate of drug-likeness (QED) is 0.241. The van der Waals surface area contributed by atoms with Crippen molar-refractivity contribution in [1.82, 2.24) is 10.2 Å². The van der Waals surface area contributed by atoms with Crippen LogP contribution in [0.15, 0.2) is 42.5 Å². The summed E-state index contributed by atoms with van der Waals surface area (Å²) in [4.78, 5) is 7.29. The van der Waals surface area contributed by atoms with Crippen LogP contribution in [0.1, 0.15) is 63.6 Å². The zero-order valence-corrected chi connectivity index (χ0v) is 22.2. The van der Waals surface area contributed by atoms with Crippen molar-refractivity contribution >= 4 is 11.4 Å². The van der Waals surface area contributed by atoms with Crippen molar-refractivity contribution in [3.05, 3.63) is 65.0 Å². The maximum Gasteiger partial charge on any atom is 0.407 e. The zero-order valence-electron chi connectivity index (χ0n) is 22.2. The predicted octanol–water partition coefficient (Wildman–Crippen LogP) is 7.08. The molecule has 3 rings (SSSR count). The van der Waals surface area contributed by atoms with Gasteiger partial charge in [-0.05, 0) is 55.5 Å². The van der Waals surface area contributed by atoms with Gasteiger partial charge in [0.2, 0.25) is 0 Å². The third kappa shape index (κ3) is 8.11. The molecule has 0 radical (unpaired) electrons. The van der Waals surface area contributed by atoms with E-state index in [-0.39, 0.29) is 5.69 Å². The predicted molar refractivity (Wildman–Crippen MR) is 143 cm³/mol. The average molecular weight is 517 g/mol. The second-order valence-electron chi connectivity index (χ2n) is 9.55. The van der Waals surface area contributed by atoms with Crippen molar-refractivity contribution in [3.8, 4) is 5.75 Å². The summed E-state index contributed by atoms with van der Waals surface area (Å²) in [7, 11) is 0. The van der Waals surface area contributed by atoms with Crippen LogP contribution in [0.3, 0.4) is 0 Å². The molecule has 1 aliphatic heterocycles. The fraction of sp³-hybridized carbons (Fsp3) is 0.552. The van der Waals surface area contributed by atoms with E-state index < -0.39 is 11.7 Å². The van der Waals surface area contributed by atoms with Gasteiger partial charge < -0.3 is 15.0 Å². The minimum absolute atomic E-state index is 0.350. The summed E-state index contributed by atoms with van der Waals surface area (Å²) in [5.74, 6) is 0.870. The Hall–Kier alpha value is -2.76. The Labute approximate surface area is 219 Å². The van der Waals surface area contributed by atoms with E-state index in [0.717, 1.165) is 57.1 Å². The SMILES string of the molecule is [C-]#[N+]c1ccc(N2CCN(CCCOc3ccc(C(CC)NC(CC)CC)cc3)CC2)cc1C(F)(F)F. The van der Waals surface area contributed by atoms with Gasteiger partial charge in [-0.15, -0.1) is 0 Å². The summed E-state index contributed by atoms with van der Waals surface area (Å²) in [5, 5.41) is 3.74. The Morgan fingerprint density at radius 1 is 0.973 bits per heavy atom. The first-order valence-electron chi connectivity index (χ1n) is 13.3. The molecule has 37 heavy (non-hydrogen) atoms. The normalized spacial score (nSPS) is 15.6. The Bertz CT molecular complexity index is 1010. The number of piperazine rings is 1. The Morgan fingerprint density at radius 3 is 2.22 bits per heavy atom. The number of alkyl halides is 3. The lowest BCUT2D eigenvalue weighted by Gasteiger charge is -2.36. The molecule has 0 aliphatic carbocycles. The van der Waals surface area contributed by atoms with Crippen LogP contribution in [0.2, 0.25) is 0 Å². The second kappa shape index (κ2) is 13.7. The monoisotopic (exact) mass is 516 g/mol. The van der Waals surface area contributed by atoms with Crippen molar-refractivity contribution in [3.63, 3.8) is 0 Å². The first kappa shape index (κ1) is 28.8. The Morgan fingerprint density at radius 2 is 1.65 bits per heavy atom. The number of hydrogen-bond donors (Lipinski definition) is 1. The highest BCUT2D eigenvalue weighted by molar-refractivity contribution is 5.62.